The molecule has 6 heteroatoms. The van der Waals surface area contributed by atoms with Gasteiger partial charge in [-0.1, -0.05) is 18.2 Å². The third-order valence-electron chi connectivity index (χ3n) is 3.37. The van der Waals surface area contributed by atoms with Crippen LogP contribution >= 0.6 is 0 Å². The Morgan fingerprint density at radius 1 is 1.39 bits per heavy atom. The Balaban J connectivity index is 2.02. The van der Waals surface area contributed by atoms with Gasteiger partial charge < -0.3 is 5.32 Å². The third kappa shape index (κ3) is 1.72. The molecule has 0 aromatic heterocycles. The van der Waals surface area contributed by atoms with E-state index in [1.165, 1.54) is 0 Å². The van der Waals surface area contributed by atoms with Gasteiger partial charge in [-0.05, 0) is 31.4 Å². The number of anilines is 1. The molecule has 2 aliphatic rings. The maximum Gasteiger partial charge on any atom is 0.382 e. The Bertz CT molecular complexity index is 618. The smallest absolute Gasteiger partial charge is 0.342 e. The van der Waals surface area contributed by atoms with Gasteiger partial charge in [0.2, 0.25) is 0 Å². The summed E-state index contributed by atoms with van der Waals surface area (Å²) in [4.78, 5) is 0. The highest BCUT2D eigenvalue weighted by Gasteiger charge is 2.54. The lowest BCUT2D eigenvalue weighted by atomic mass is 9.98. The van der Waals surface area contributed by atoms with Crippen LogP contribution in [0.25, 0.3) is 0 Å². The van der Waals surface area contributed by atoms with E-state index in [0.717, 1.165) is 24.1 Å². The SMILES string of the molecule is CCOS(=O)(=O)/N=C1\Nc2ccccc2C12CC2. The topological polar surface area (TPSA) is 67.8 Å². The van der Waals surface area contributed by atoms with Crippen molar-refractivity contribution in [3.05, 3.63) is 29.8 Å². The van der Waals surface area contributed by atoms with Gasteiger partial charge in [0, 0.05) is 5.69 Å². The van der Waals surface area contributed by atoms with Crippen LogP contribution in [0.4, 0.5) is 5.69 Å². The van der Waals surface area contributed by atoms with Gasteiger partial charge in [-0.25, -0.2) is 0 Å². The lowest BCUT2D eigenvalue weighted by Gasteiger charge is -2.07. The molecular weight excluding hydrogens is 252 g/mol. The molecule has 1 aromatic carbocycles. The Morgan fingerprint density at radius 3 is 2.78 bits per heavy atom. The van der Waals surface area contributed by atoms with Gasteiger partial charge in [-0.15, -0.1) is 4.40 Å². The average molecular weight is 266 g/mol. The normalized spacial score (nSPS) is 21.9. The molecule has 1 spiro atoms. The summed E-state index contributed by atoms with van der Waals surface area (Å²) in [5.74, 6) is 0.497. The zero-order chi connectivity index (χ0) is 12.8. The lowest BCUT2D eigenvalue weighted by molar-refractivity contribution is 0.339. The van der Waals surface area contributed by atoms with Crippen molar-refractivity contribution >= 4 is 21.8 Å². The van der Waals surface area contributed by atoms with Crippen molar-refractivity contribution in [3.63, 3.8) is 0 Å². The Labute approximate surface area is 106 Å². The van der Waals surface area contributed by atoms with Gasteiger partial charge in [0.25, 0.3) is 0 Å². The van der Waals surface area contributed by atoms with Gasteiger partial charge in [0.05, 0.1) is 12.0 Å². The molecule has 0 bridgehead atoms. The standard InChI is InChI=1S/C12H14N2O3S/c1-2-17-18(15,16)14-11-12(7-8-12)9-5-3-4-6-10(9)13-11/h3-6H,2,7-8H2,1H3,(H,13,14). The molecule has 1 aliphatic carbocycles. The lowest BCUT2D eigenvalue weighted by Crippen LogP contribution is -2.22. The molecule has 1 aromatic rings. The van der Waals surface area contributed by atoms with Crippen LogP contribution in [0.3, 0.4) is 0 Å². The highest BCUT2D eigenvalue weighted by Crippen LogP contribution is 2.55. The highest BCUT2D eigenvalue weighted by molar-refractivity contribution is 7.85. The van der Waals surface area contributed by atoms with Crippen molar-refractivity contribution in [1.82, 2.24) is 0 Å². The van der Waals surface area contributed by atoms with Gasteiger partial charge in [-0.2, -0.15) is 8.42 Å². The minimum atomic E-state index is -3.84. The van der Waals surface area contributed by atoms with E-state index in [2.05, 4.69) is 13.9 Å². The Kier molecular flexibility index (Phi) is 2.46. The quantitative estimate of drug-likeness (QED) is 0.906. The molecule has 3 rings (SSSR count). The third-order valence-corrected chi connectivity index (χ3v) is 4.31. The number of hydrogen-bond donors (Lipinski definition) is 1. The van der Waals surface area contributed by atoms with Crippen LogP contribution in [-0.4, -0.2) is 20.9 Å². The number of amidine groups is 1. The van der Waals surface area contributed by atoms with E-state index in [0.29, 0.717) is 5.84 Å². The van der Waals surface area contributed by atoms with Crippen molar-refractivity contribution < 1.29 is 12.6 Å². The fourth-order valence-corrected chi connectivity index (χ4v) is 3.21. The summed E-state index contributed by atoms with van der Waals surface area (Å²) in [5.41, 5.74) is 1.86. The summed E-state index contributed by atoms with van der Waals surface area (Å²) in [6.07, 6.45) is 1.86. The molecular formula is C12H14N2O3S. The molecule has 0 radical (unpaired) electrons. The van der Waals surface area contributed by atoms with Crippen molar-refractivity contribution in [2.75, 3.05) is 11.9 Å². The number of benzene rings is 1. The Morgan fingerprint density at radius 2 is 2.11 bits per heavy atom. The fourth-order valence-electron chi connectivity index (χ4n) is 2.41. The monoisotopic (exact) mass is 266 g/mol. The second-order valence-corrected chi connectivity index (χ2v) is 5.80. The molecule has 18 heavy (non-hydrogen) atoms. The molecule has 0 unspecified atom stereocenters. The summed E-state index contributed by atoms with van der Waals surface area (Å²) in [6.45, 7) is 1.72. The first-order valence-electron chi connectivity index (χ1n) is 5.94. The molecule has 1 aliphatic heterocycles. The largest absolute Gasteiger partial charge is 0.382 e. The predicted molar refractivity (Wildman–Crippen MR) is 69.0 cm³/mol. The number of nitrogens with zero attached hydrogens (tertiary/aromatic N) is 1. The first-order chi connectivity index (χ1) is 8.57. The molecule has 1 fully saturated rings. The summed E-state index contributed by atoms with van der Waals surface area (Å²) in [6, 6.07) is 7.83. The van der Waals surface area contributed by atoms with Crippen molar-refractivity contribution in [3.8, 4) is 0 Å². The Hall–Kier alpha value is -1.40. The predicted octanol–water partition coefficient (Wildman–Crippen LogP) is 1.82. The molecule has 5 nitrogen and oxygen atoms in total. The van der Waals surface area contributed by atoms with E-state index in [4.69, 9.17) is 0 Å². The van der Waals surface area contributed by atoms with Crippen LogP contribution in [0.1, 0.15) is 25.3 Å². The summed E-state index contributed by atoms with van der Waals surface area (Å²) >= 11 is 0. The zero-order valence-electron chi connectivity index (χ0n) is 10.0. The van der Waals surface area contributed by atoms with Gasteiger partial charge in [0.15, 0.2) is 0 Å². The molecule has 96 valence electrons. The van der Waals surface area contributed by atoms with Crippen molar-refractivity contribution in [1.29, 1.82) is 0 Å². The minimum absolute atomic E-state index is 0.0963. The number of hydrogen-bond acceptors (Lipinski definition) is 3. The van der Waals surface area contributed by atoms with E-state index in [1.54, 1.807) is 6.92 Å². The van der Waals surface area contributed by atoms with Crippen molar-refractivity contribution in [2.24, 2.45) is 4.40 Å². The molecule has 0 amide bonds. The summed E-state index contributed by atoms with van der Waals surface area (Å²) < 4.78 is 31.6. The fraction of sp³-hybridized carbons (Fsp3) is 0.417. The van der Waals surface area contributed by atoms with Gasteiger partial charge in [-0.3, -0.25) is 4.18 Å². The van der Waals surface area contributed by atoms with Crippen LogP contribution in [0.5, 0.6) is 0 Å². The van der Waals surface area contributed by atoms with E-state index in [-0.39, 0.29) is 12.0 Å². The molecule has 1 heterocycles. The van der Waals surface area contributed by atoms with E-state index >= 15 is 0 Å². The first kappa shape index (κ1) is 11.7. The zero-order valence-corrected chi connectivity index (χ0v) is 10.8. The summed E-state index contributed by atoms with van der Waals surface area (Å²) in [5, 5.41) is 3.09. The van der Waals surface area contributed by atoms with Crippen LogP contribution in [0.15, 0.2) is 28.7 Å². The van der Waals surface area contributed by atoms with Crippen molar-refractivity contribution in [2.45, 2.75) is 25.2 Å². The molecule has 1 N–H and O–H groups in total. The molecule has 0 saturated heterocycles. The second-order valence-electron chi connectivity index (χ2n) is 4.53. The van der Waals surface area contributed by atoms with E-state index < -0.39 is 10.3 Å². The average Bonchev–Trinajstić information content (AvgIpc) is 3.03. The second kappa shape index (κ2) is 3.80. The van der Waals surface area contributed by atoms with Gasteiger partial charge >= 0.3 is 10.3 Å². The maximum absolute atomic E-state index is 11.6. The van der Waals surface area contributed by atoms with Gasteiger partial charge in [0.1, 0.15) is 5.84 Å². The van der Waals surface area contributed by atoms with E-state index in [1.807, 2.05) is 24.3 Å². The van der Waals surface area contributed by atoms with Crippen LogP contribution in [-0.2, 0) is 19.9 Å². The summed E-state index contributed by atoms with van der Waals surface area (Å²) in [7, 11) is -3.84. The van der Waals surface area contributed by atoms with Crippen LogP contribution in [0, 0.1) is 0 Å². The molecule has 1 saturated carbocycles. The van der Waals surface area contributed by atoms with Crippen LogP contribution in [0.2, 0.25) is 0 Å². The van der Waals surface area contributed by atoms with Crippen LogP contribution < -0.4 is 5.32 Å². The number of fused-ring (bicyclic) bond motifs is 2. The maximum atomic E-state index is 11.6. The first-order valence-corrected chi connectivity index (χ1v) is 7.30. The van der Waals surface area contributed by atoms with E-state index in [9.17, 15) is 8.42 Å². The number of nitrogens with one attached hydrogen (secondary N) is 1. The number of para-hydroxylation sites is 1. The number of rotatable bonds is 3. The highest BCUT2D eigenvalue weighted by atomic mass is 32.2. The molecule has 0 atom stereocenters. The minimum Gasteiger partial charge on any atom is -0.342 e.